The molecule has 9 nitrogen and oxygen atoms in total. The van der Waals surface area contributed by atoms with Crippen molar-refractivity contribution in [1.29, 1.82) is 0 Å². The van der Waals surface area contributed by atoms with Crippen LogP contribution in [0, 0.1) is 0 Å². The molecular weight excluding hydrogens is 522 g/mol. The lowest BCUT2D eigenvalue weighted by atomic mass is 10.0. The topological polar surface area (TPSA) is 97.7 Å². The first-order valence-corrected chi connectivity index (χ1v) is 14.1. The highest BCUT2D eigenvalue weighted by molar-refractivity contribution is 7.92. The summed E-state index contributed by atoms with van der Waals surface area (Å²) in [6.07, 6.45) is 4.84. The second kappa shape index (κ2) is 10.3. The minimum absolute atomic E-state index is 0.281. The number of ether oxygens (including phenoxy) is 2. The third-order valence-corrected chi connectivity index (χ3v) is 7.17. The van der Waals surface area contributed by atoms with Crippen molar-refractivity contribution in [3.8, 4) is 17.2 Å². The zero-order chi connectivity index (χ0) is 26.9. The van der Waals surface area contributed by atoms with Gasteiger partial charge in [0.25, 0.3) is 0 Å². The molecule has 0 amide bonds. The molecule has 38 heavy (non-hydrogen) atoms. The number of aromatic nitrogens is 2. The molecule has 1 fully saturated rings. The SMILES string of the molecule is COc1cccc(-n2cccc2C2C(c3ccccn3)NC(=S)N2c2ccc(OC)c(NS(C)(=O)=O)c2)c1. The van der Waals surface area contributed by atoms with Crippen molar-refractivity contribution in [3.63, 3.8) is 0 Å². The maximum Gasteiger partial charge on any atom is 0.229 e. The summed E-state index contributed by atoms with van der Waals surface area (Å²) in [7, 11) is -0.416. The van der Waals surface area contributed by atoms with E-state index in [-0.39, 0.29) is 12.1 Å². The Kier molecular flexibility index (Phi) is 6.96. The molecule has 3 heterocycles. The Balaban J connectivity index is 1.67. The van der Waals surface area contributed by atoms with E-state index in [2.05, 4.69) is 19.6 Å². The Bertz CT molecular complexity index is 1570. The van der Waals surface area contributed by atoms with Gasteiger partial charge in [-0.2, -0.15) is 0 Å². The lowest BCUT2D eigenvalue weighted by Crippen LogP contribution is -2.30. The first kappa shape index (κ1) is 25.6. The minimum atomic E-state index is -3.55. The summed E-state index contributed by atoms with van der Waals surface area (Å²) < 4.78 is 39.6. The maximum atomic E-state index is 12.1. The van der Waals surface area contributed by atoms with Gasteiger partial charge in [0.15, 0.2) is 5.11 Å². The highest BCUT2D eigenvalue weighted by Crippen LogP contribution is 2.44. The zero-order valence-corrected chi connectivity index (χ0v) is 22.7. The first-order valence-electron chi connectivity index (χ1n) is 11.8. The average Bonchev–Trinajstić information content (AvgIpc) is 3.52. The molecule has 0 aliphatic carbocycles. The molecular formula is C27H27N5O4S2. The summed E-state index contributed by atoms with van der Waals surface area (Å²) in [5, 5.41) is 3.93. The molecule has 0 spiro atoms. The third kappa shape index (κ3) is 5.02. The maximum absolute atomic E-state index is 12.1. The Hall–Kier alpha value is -4.09. The summed E-state index contributed by atoms with van der Waals surface area (Å²) in [6, 6.07) is 22.3. The molecule has 1 aliphatic rings. The van der Waals surface area contributed by atoms with Crippen molar-refractivity contribution >= 4 is 38.7 Å². The number of nitrogens with one attached hydrogen (secondary N) is 2. The lowest BCUT2D eigenvalue weighted by molar-refractivity contribution is 0.414. The van der Waals surface area contributed by atoms with E-state index in [0.29, 0.717) is 22.2 Å². The van der Waals surface area contributed by atoms with Crippen LogP contribution in [-0.4, -0.2) is 43.6 Å². The van der Waals surface area contributed by atoms with Crippen molar-refractivity contribution in [2.45, 2.75) is 12.1 Å². The fraction of sp³-hybridized carbons (Fsp3) is 0.185. The molecule has 4 aromatic rings. The number of pyridine rings is 1. The standard InChI is InChI=1S/C27H27N5O4S2/c1-35-20-9-6-8-18(16-20)31-15-7-11-23(31)26-25(21-10-4-5-14-28-21)29-27(37)32(26)19-12-13-24(36-2)22(17-19)30-38(3,33)34/h4-17,25-26,30H,1-3H3,(H,29,37). The summed E-state index contributed by atoms with van der Waals surface area (Å²) >= 11 is 5.85. The predicted molar refractivity (Wildman–Crippen MR) is 152 cm³/mol. The Morgan fingerprint density at radius 1 is 0.974 bits per heavy atom. The third-order valence-electron chi connectivity index (χ3n) is 6.27. The second-order valence-electron chi connectivity index (χ2n) is 8.76. The van der Waals surface area contributed by atoms with Gasteiger partial charge in [-0.3, -0.25) is 9.71 Å². The number of thiocarbonyl (C=S) groups is 1. The number of anilines is 2. The first-order chi connectivity index (χ1) is 18.3. The molecule has 1 saturated heterocycles. The van der Waals surface area contributed by atoms with E-state index < -0.39 is 10.0 Å². The Morgan fingerprint density at radius 2 is 1.82 bits per heavy atom. The summed E-state index contributed by atoms with van der Waals surface area (Å²) in [5.74, 6) is 1.14. The van der Waals surface area contributed by atoms with Gasteiger partial charge in [-0.05, 0) is 66.8 Å². The van der Waals surface area contributed by atoms with Crippen LogP contribution < -0.4 is 24.4 Å². The van der Waals surface area contributed by atoms with Crippen LogP contribution >= 0.6 is 12.2 Å². The van der Waals surface area contributed by atoms with E-state index >= 15 is 0 Å². The smallest absolute Gasteiger partial charge is 0.229 e. The van der Waals surface area contributed by atoms with E-state index in [0.717, 1.165) is 29.1 Å². The molecule has 2 N–H and O–H groups in total. The lowest BCUT2D eigenvalue weighted by Gasteiger charge is -2.29. The van der Waals surface area contributed by atoms with Gasteiger partial charge >= 0.3 is 0 Å². The normalized spacial score (nSPS) is 17.2. The Labute approximate surface area is 227 Å². The fourth-order valence-corrected chi connectivity index (χ4v) is 5.59. The van der Waals surface area contributed by atoms with E-state index in [9.17, 15) is 8.42 Å². The van der Waals surface area contributed by atoms with Crippen LogP contribution in [0.15, 0.2) is 85.2 Å². The van der Waals surface area contributed by atoms with Gasteiger partial charge in [0, 0.05) is 35.5 Å². The van der Waals surface area contributed by atoms with Crippen molar-refractivity contribution in [2.24, 2.45) is 0 Å². The van der Waals surface area contributed by atoms with Crippen molar-refractivity contribution in [3.05, 3.63) is 96.6 Å². The summed E-state index contributed by atoms with van der Waals surface area (Å²) in [6.45, 7) is 0. The van der Waals surface area contributed by atoms with Gasteiger partial charge < -0.3 is 24.3 Å². The van der Waals surface area contributed by atoms with Crippen LogP contribution in [0.3, 0.4) is 0 Å². The van der Waals surface area contributed by atoms with Gasteiger partial charge in [0.1, 0.15) is 17.5 Å². The molecule has 0 bridgehead atoms. The van der Waals surface area contributed by atoms with Crippen LogP contribution in [0.4, 0.5) is 11.4 Å². The second-order valence-corrected chi connectivity index (χ2v) is 10.9. The molecule has 5 rings (SSSR count). The van der Waals surface area contributed by atoms with Crippen LogP contribution in [0.25, 0.3) is 5.69 Å². The van der Waals surface area contributed by atoms with E-state index in [1.54, 1.807) is 25.4 Å². The molecule has 0 saturated carbocycles. The van der Waals surface area contributed by atoms with E-state index in [1.807, 2.05) is 71.8 Å². The zero-order valence-electron chi connectivity index (χ0n) is 21.0. The number of benzene rings is 2. The number of methoxy groups -OCH3 is 2. The molecule has 2 aromatic carbocycles. The van der Waals surface area contributed by atoms with Crippen LogP contribution in [0.2, 0.25) is 0 Å². The molecule has 2 atom stereocenters. The number of sulfonamides is 1. The van der Waals surface area contributed by atoms with Crippen LogP contribution in [-0.2, 0) is 10.0 Å². The fourth-order valence-electron chi connectivity index (χ4n) is 4.69. The van der Waals surface area contributed by atoms with Gasteiger partial charge in [0.2, 0.25) is 10.0 Å². The quantitative estimate of drug-likeness (QED) is 0.312. The van der Waals surface area contributed by atoms with Gasteiger partial charge in [-0.25, -0.2) is 8.42 Å². The number of hydrogen-bond donors (Lipinski definition) is 2. The van der Waals surface area contributed by atoms with Crippen LogP contribution in [0.5, 0.6) is 11.5 Å². The number of hydrogen-bond acceptors (Lipinski definition) is 6. The highest BCUT2D eigenvalue weighted by Gasteiger charge is 2.42. The summed E-state index contributed by atoms with van der Waals surface area (Å²) in [5.41, 5.74) is 3.71. The molecule has 11 heteroatoms. The number of rotatable bonds is 8. The molecule has 196 valence electrons. The predicted octanol–water partition coefficient (Wildman–Crippen LogP) is 4.44. The van der Waals surface area contributed by atoms with Crippen molar-refractivity contribution in [2.75, 3.05) is 30.1 Å². The van der Waals surface area contributed by atoms with Crippen LogP contribution in [0.1, 0.15) is 23.5 Å². The summed E-state index contributed by atoms with van der Waals surface area (Å²) in [4.78, 5) is 6.60. The van der Waals surface area contributed by atoms with E-state index in [4.69, 9.17) is 21.7 Å². The minimum Gasteiger partial charge on any atom is -0.497 e. The van der Waals surface area contributed by atoms with Crippen molar-refractivity contribution in [1.82, 2.24) is 14.9 Å². The number of nitrogens with zero attached hydrogens (tertiary/aromatic N) is 3. The van der Waals surface area contributed by atoms with Crippen molar-refractivity contribution < 1.29 is 17.9 Å². The molecule has 1 aliphatic heterocycles. The molecule has 2 aromatic heterocycles. The monoisotopic (exact) mass is 549 g/mol. The van der Waals surface area contributed by atoms with Gasteiger partial charge in [-0.1, -0.05) is 12.1 Å². The largest absolute Gasteiger partial charge is 0.497 e. The van der Waals surface area contributed by atoms with E-state index in [1.165, 1.54) is 7.11 Å². The average molecular weight is 550 g/mol. The van der Waals surface area contributed by atoms with Gasteiger partial charge in [0.05, 0.1) is 37.9 Å². The highest BCUT2D eigenvalue weighted by atomic mass is 32.2. The Morgan fingerprint density at radius 3 is 2.53 bits per heavy atom. The van der Waals surface area contributed by atoms with Gasteiger partial charge in [-0.15, -0.1) is 0 Å². The molecule has 2 unspecified atom stereocenters. The molecule has 0 radical (unpaired) electrons.